The number of aromatic nitrogens is 4. The second-order valence-corrected chi connectivity index (χ2v) is 6.63. The molecule has 2 heterocycles. The molecule has 152 valence electrons. The molecule has 0 unspecified atom stereocenters. The highest BCUT2D eigenvalue weighted by Gasteiger charge is 2.09. The van der Waals surface area contributed by atoms with E-state index in [0.717, 1.165) is 0 Å². The smallest absolute Gasteiger partial charge is 0.335 e. The highest BCUT2D eigenvalue weighted by atomic mass is 79.9. The normalized spacial score (nSPS) is 10.4. The van der Waals surface area contributed by atoms with Crippen LogP contribution < -0.4 is 16.7 Å². The van der Waals surface area contributed by atoms with Gasteiger partial charge in [0.05, 0.1) is 27.3 Å². The molecule has 0 fully saturated rings. The summed E-state index contributed by atoms with van der Waals surface area (Å²) in [6.45, 7) is 0. The third kappa shape index (κ3) is 4.03. The molecule has 5 N–H and O–H groups in total. The maximum Gasteiger partial charge on any atom is 0.335 e. The number of rotatable bonds is 2. The van der Waals surface area contributed by atoms with Crippen LogP contribution >= 0.6 is 15.9 Å². The largest absolute Gasteiger partial charge is 0.478 e. The topological polar surface area (TPSA) is 186 Å². The molecule has 4 aromatic rings. The first-order valence-corrected chi connectivity index (χ1v) is 8.87. The molecule has 0 spiro atoms. The summed E-state index contributed by atoms with van der Waals surface area (Å²) in [4.78, 5) is 55.2. The fraction of sp³-hybridized carbons (Fsp3) is 0. The van der Waals surface area contributed by atoms with Crippen LogP contribution in [-0.2, 0) is 0 Å². The van der Waals surface area contributed by atoms with Crippen LogP contribution in [0.15, 0.2) is 55.4 Å². The van der Waals surface area contributed by atoms with Gasteiger partial charge in [-0.25, -0.2) is 14.7 Å². The van der Waals surface area contributed by atoms with Gasteiger partial charge in [-0.15, -0.1) is 0 Å². The van der Waals surface area contributed by atoms with Crippen LogP contribution in [-0.4, -0.2) is 42.5 Å². The van der Waals surface area contributed by atoms with Crippen LogP contribution in [0.1, 0.15) is 20.7 Å². The number of nitrogens with zero attached hydrogens (tertiary/aromatic N) is 1. The number of aromatic carboxylic acids is 2. The molecule has 0 aliphatic carbocycles. The number of carbonyl (C=O) groups is 2. The highest BCUT2D eigenvalue weighted by molar-refractivity contribution is 9.10. The Kier molecular flexibility index (Phi) is 5.60. The number of carboxylic acid groups (broad SMARTS) is 2. The average Bonchev–Trinajstić information content (AvgIpc) is 2.73. The molecule has 11 nitrogen and oxygen atoms in total. The number of halogens is 1. The summed E-state index contributed by atoms with van der Waals surface area (Å²) < 4.78 is 0.481. The zero-order valence-electron chi connectivity index (χ0n) is 14.7. The van der Waals surface area contributed by atoms with Gasteiger partial charge in [0.2, 0.25) is 0 Å². The second kappa shape index (κ2) is 8.13. The number of hydrogen-bond acceptors (Lipinski definition) is 6. The molecule has 0 saturated heterocycles. The van der Waals surface area contributed by atoms with Crippen molar-refractivity contribution >= 4 is 49.4 Å². The van der Waals surface area contributed by atoms with E-state index in [1.807, 2.05) is 0 Å². The lowest BCUT2D eigenvalue weighted by Crippen LogP contribution is -2.19. The third-order valence-electron chi connectivity index (χ3n) is 4.03. The van der Waals surface area contributed by atoms with E-state index in [0.29, 0.717) is 15.4 Å². The van der Waals surface area contributed by atoms with Crippen molar-refractivity contribution in [2.24, 2.45) is 0 Å². The molecular weight excluding hydrogens is 464 g/mol. The zero-order chi connectivity index (χ0) is 22.0. The maximum atomic E-state index is 11.4. The summed E-state index contributed by atoms with van der Waals surface area (Å²) in [7, 11) is 0. The molecule has 0 aliphatic rings. The number of benzene rings is 2. The van der Waals surface area contributed by atoms with Crippen LogP contribution in [0.3, 0.4) is 0 Å². The predicted molar refractivity (Wildman–Crippen MR) is 109 cm³/mol. The van der Waals surface area contributed by atoms with Crippen molar-refractivity contribution in [3.05, 3.63) is 83.2 Å². The Morgan fingerprint density at radius 3 is 1.73 bits per heavy atom. The van der Waals surface area contributed by atoms with Gasteiger partial charge in [0.15, 0.2) is 0 Å². The lowest BCUT2D eigenvalue weighted by molar-refractivity contribution is 0.0686. The number of fused-ring (bicyclic) bond motifs is 2. The van der Waals surface area contributed by atoms with Gasteiger partial charge < -0.3 is 10.2 Å². The SMILES string of the molecule is O=C(O)c1ccc2c(=O)[nH][nH]c(=O)c2c1.O=C(O)c1ccc2c(Br)n[nH]c(=O)c2c1. The quantitative estimate of drug-likeness (QED) is 0.287. The van der Waals surface area contributed by atoms with Crippen LogP contribution in [0.25, 0.3) is 21.5 Å². The van der Waals surface area contributed by atoms with E-state index in [1.165, 1.54) is 30.3 Å². The molecule has 0 radical (unpaired) electrons. The molecule has 0 atom stereocenters. The summed E-state index contributed by atoms with van der Waals surface area (Å²) in [5.74, 6) is -2.21. The summed E-state index contributed by atoms with van der Waals surface area (Å²) in [6.07, 6.45) is 0. The maximum absolute atomic E-state index is 11.4. The molecular formula is C18H11BrN4O7. The first-order chi connectivity index (χ1) is 14.2. The van der Waals surface area contributed by atoms with Crippen LogP contribution in [0, 0.1) is 0 Å². The Morgan fingerprint density at radius 1 is 0.733 bits per heavy atom. The zero-order valence-corrected chi connectivity index (χ0v) is 16.3. The van der Waals surface area contributed by atoms with Gasteiger partial charge in [0.25, 0.3) is 16.7 Å². The molecule has 4 rings (SSSR count). The minimum absolute atomic E-state index is 0.0291. The van der Waals surface area contributed by atoms with Gasteiger partial charge in [-0.05, 0) is 46.3 Å². The summed E-state index contributed by atoms with van der Waals surface area (Å²) in [6, 6.07) is 8.06. The van der Waals surface area contributed by atoms with Gasteiger partial charge in [-0.1, -0.05) is 6.07 Å². The van der Waals surface area contributed by atoms with E-state index >= 15 is 0 Å². The van der Waals surface area contributed by atoms with Crippen molar-refractivity contribution < 1.29 is 19.8 Å². The molecule has 0 aliphatic heterocycles. The van der Waals surface area contributed by atoms with Gasteiger partial charge in [-0.3, -0.25) is 24.6 Å². The van der Waals surface area contributed by atoms with E-state index in [9.17, 15) is 24.0 Å². The van der Waals surface area contributed by atoms with Crippen LogP contribution in [0.2, 0.25) is 0 Å². The number of nitrogens with one attached hydrogen (secondary N) is 3. The fourth-order valence-corrected chi connectivity index (χ4v) is 3.01. The van der Waals surface area contributed by atoms with Crippen LogP contribution in [0.5, 0.6) is 0 Å². The van der Waals surface area contributed by atoms with Crippen LogP contribution in [0.4, 0.5) is 0 Å². The van der Waals surface area contributed by atoms with E-state index in [2.05, 4.69) is 36.3 Å². The summed E-state index contributed by atoms with van der Waals surface area (Å²) in [5, 5.41) is 28.8. The molecule has 2 aromatic heterocycles. The second-order valence-electron chi connectivity index (χ2n) is 5.88. The Hall–Kier alpha value is -4.06. The average molecular weight is 475 g/mol. The number of H-pyrrole nitrogens is 3. The van der Waals surface area contributed by atoms with E-state index in [4.69, 9.17) is 10.2 Å². The summed E-state index contributed by atoms with van der Waals surface area (Å²) >= 11 is 3.16. The van der Waals surface area contributed by atoms with Crippen molar-refractivity contribution in [2.75, 3.05) is 0 Å². The Morgan fingerprint density at radius 2 is 1.20 bits per heavy atom. The monoisotopic (exact) mass is 474 g/mol. The standard InChI is InChI=1S/C9H5BrN2O3.C9H6N2O4/c10-7-5-2-1-4(9(14)15)3-6(5)8(13)12-11-7;12-7-5-2-1-4(9(14)15)3-6(5)8(13)11-10-7/h1-3H,(H,12,13)(H,14,15);1-3H,(H,10,12)(H,11,13)(H,14,15). The fourth-order valence-electron chi connectivity index (χ4n) is 2.58. The predicted octanol–water partition coefficient (Wildman–Crippen LogP) is 1.30. The molecule has 30 heavy (non-hydrogen) atoms. The minimum atomic E-state index is -1.14. The van der Waals surface area contributed by atoms with Crippen molar-refractivity contribution in [1.82, 2.24) is 20.4 Å². The lowest BCUT2D eigenvalue weighted by Gasteiger charge is -1.99. The first kappa shape index (κ1) is 20.7. The molecule has 0 bridgehead atoms. The van der Waals surface area contributed by atoms with E-state index in [1.54, 1.807) is 6.07 Å². The third-order valence-corrected chi connectivity index (χ3v) is 4.64. The van der Waals surface area contributed by atoms with Gasteiger partial charge >= 0.3 is 11.9 Å². The van der Waals surface area contributed by atoms with E-state index < -0.39 is 28.6 Å². The van der Waals surface area contributed by atoms with Gasteiger partial charge in [0.1, 0.15) is 4.60 Å². The molecule has 0 amide bonds. The minimum Gasteiger partial charge on any atom is -0.478 e. The lowest BCUT2D eigenvalue weighted by atomic mass is 10.1. The van der Waals surface area contributed by atoms with Gasteiger partial charge in [-0.2, -0.15) is 5.10 Å². The summed E-state index contributed by atoms with van der Waals surface area (Å²) in [5.41, 5.74) is -1.34. The Bertz CT molecular complexity index is 1490. The number of aromatic amines is 3. The molecule has 0 saturated carbocycles. The molecule has 2 aromatic carbocycles. The van der Waals surface area contributed by atoms with E-state index in [-0.39, 0.29) is 21.9 Å². The Labute approximate surface area is 173 Å². The highest BCUT2D eigenvalue weighted by Crippen LogP contribution is 2.19. The molecule has 12 heteroatoms. The van der Waals surface area contributed by atoms with Crippen molar-refractivity contribution in [3.8, 4) is 0 Å². The van der Waals surface area contributed by atoms with Crippen molar-refractivity contribution in [3.63, 3.8) is 0 Å². The first-order valence-electron chi connectivity index (χ1n) is 8.08. The van der Waals surface area contributed by atoms with Gasteiger partial charge in [0, 0.05) is 5.39 Å². The van der Waals surface area contributed by atoms with Crippen molar-refractivity contribution in [2.45, 2.75) is 0 Å². The Balaban J connectivity index is 0.000000171. The number of carboxylic acids is 2. The van der Waals surface area contributed by atoms with Crippen molar-refractivity contribution in [1.29, 1.82) is 0 Å². The number of hydrogen-bond donors (Lipinski definition) is 5.